The molecule has 2 N–H and O–H groups in total. The Hall–Kier alpha value is -2.37. The van der Waals surface area contributed by atoms with Gasteiger partial charge in [-0.25, -0.2) is 5.10 Å². The molecule has 2 aromatic rings. The lowest BCUT2D eigenvalue weighted by Gasteiger charge is -2.36. The van der Waals surface area contributed by atoms with Crippen molar-refractivity contribution in [3.63, 3.8) is 0 Å². The Morgan fingerprint density at radius 1 is 1.24 bits per heavy atom. The predicted molar refractivity (Wildman–Crippen MR) is 82.6 cm³/mol. The van der Waals surface area contributed by atoms with Crippen molar-refractivity contribution in [3.05, 3.63) is 47.0 Å². The molecule has 1 aliphatic heterocycles. The minimum Gasteiger partial charge on any atom is -0.383 e. The molecule has 0 radical (unpaired) electrons. The molecule has 0 amide bonds. The molecule has 21 heavy (non-hydrogen) atoms. The van der Waals surface area contributed by atoms with Gasteiger partial charge in [0.05, 0.1) is 0 Å². The molecule has 0 spiro atoms. The van der Waals surface area contributed by atoms with E-state index >= 15 is 0 Å². The summed E-state index contributed by atoms with van der Waals surface area (Å²) < 4.78 is 0. The van der Waals surface area contributed by atoms with E-state index in [4.69, 9.17) is 0 Å². The Bertz CT molecular complexity index is 607. The molecule has 110 valence electrons. The van der Waals surface area contributed by atoms with Crippen LogP contribution in [0.1, 0.15) is 19.3 Å². The molecule has 1 aliphatic rings. The molecule has 1 saturated heterocycles. The lowest BCUT2D eigenvalue weighted by molar-refractivity contribution is 0.467. The van der Waals surface area contributed by atoms with Crippen LogP contribution in [0.25, 0.3) is 0 Å². The summed E-state index contributed by atoms with van der Waals surface area (Å²) in [5, 5.41) is 10.1. The number of nitrogens with zero attached hydrogens (tertiary/aromatic N) is 3. The lowest BCUT2D eigenvalue weighted by atomic mass is 10.0. The molecule has 0 aromatic carbocycles. The summed E-state index contributed by atoms with van der Waals surface area (Å²) in [5.41, 5.74) is 0.909. The molecular weight excluding hydrogens is 266 g/mol. The second-order valence-electron chi connectivity index (χ2n) is 5.24. The molecule has 3 rings (SSSR count). The first-order chi connectivity index (χ1) is 10.3. The van der Waals surface area contributed by atoms with E-state index < -0.39 is 0 Å². The second-order valence-corrected chi connectivity index (χ2v) is 5.24. The Kier molecular flexibility index (Phi) is 4.14. The molecule has 2 aromatic heterocycles. The Labute approximate surface area is 123 Å². The van der Waals surface area contributed by atoms with Crippen LogP contribution in [-0.4, -0.2) is 34.3 Å². The van der Waals surface area contributed by atoms with Gasteiger partial charge in [-0.15, -0.1) is 0 Å². The highest BCUT2D eigenvalue weighted by molar-refractivity contribution is 5.43. The van der Waals surface area contributed by atoms with E-state index in [0.717, 1.165) is 37.4 Å². The number of anilines is 2. The highest BCUT2D eigenvalue weighted by Crippen LogP contribution is 2.22. The quantitative estimate of drug-likeness (QED) is 0.893. The van der Waals surface area contributed by atoms with Crippen LogP contribution in [0.4, 0.5) is 11.5 Å². The van der Waals surface area contributed by atoms with Crippen LogP contribution in [0.15, 0.2) is 41.5 Å². The van der Waals surface area contributed by atoms with E-state index in [0.29, 0.717) is 6.04 Å². The maximum atomic E-state index is 11.1. The van der Waals surface area contributed by atoms with Crippen molar-refractivity contribution >= 4 is 11.5 Å². The van der Waals surface area contributed by atoms with Crippen molar-refractivity contribution in [2.45, 2.75) is 25.3 Å². The summed E-state index contributed by atoms with van der Waals surface area (Å²) in [6, 6.07) is 7.63. The molecule has 1 unspecified atom stereocenters. The average molecular weight is 285 g/mol. The van der Waals surface area contributed by atoms with Gasteiger partial charge < -0.3 is 10.2 Å². The van der Waals surface area contributed by atoms with E-state index in [-0.39, 0.29) is 5.56 Å². The van der Waals surface area contributed by atoms with Gasteiger partial charge in [0.2, 0.25) is 0 Å². The predicted octanol–water partition coefficient (Wildman–Crippen LogP) is 1.64. The third kappa shape index (κ3) is 3.39. The molecule has 0 saturated carbocycles. The molecule has 0 bridgehead atoms. The zero-order valence-corrected chi connectivity index (χ0v) is 11.8. The number of aromatic nitrogens is 3. The van der Waals surface area contributed by atoms with Gasteiger partial charge in [0.15, 0.2) is 0 Å². The number of H-pyrrole nitrogens is 1. The van der Waals surface area contributed by atoms with Crippen LogP contribution in [0.5, 0.6) is 0 Å². The summed E-state index contributed by atoms with van der Waals surface area (Å²) in [4.78, 5) is 17.4. The fraction of sp³-hybridized carbons (Fsp3) is 0.400. The first-order valence-corrected chi connectivity index (χ1v) is 7.29. The number of rotatable bonds is 4. The van der Waals surface area contributed by atoms with Gasteiger partial charge in [-0.1, -0.05) is 0 Å². The van der Waals surface area contributed by atoms with E-state index in [9.17, 15) is 4.79 Å². The monoisotopic (exact) mass is 285 g/mol. The van der Waals surface area contributed by atoms with E-state index in [2.05, 4.69) is 25.4 Å². The Morgan fingerprint density at radius 3 is 2.86 bits per heavy atom. The largest absolute Gasteiger partial charge is 0.383 e. The van der Waals surface area contributed by atoms with E-state index in [1.54, 1.807) is 18.5 Å². The van der Waals surface area contributed by atoms with Crippen molar-refractivity contribution in [3.8, 4) is 0 Å². The van der Waals surface area contributed by atoms with Gasteiger partial charge in [-0.2, -0.15) is 5.10 Å². The first kappa shape index (κ1) is 13.6. The zero-order valence-electron chi connectivity index (χ0n) is 11.8. The molecule has 6 heteroatoms. The summed E-state index contributed by atoms with van der Waals surface area (Å²) in [6.45, 7) is 1.83. The highest BCUT2D eigenvalue weighted by atomic mass is 16.1. The first-order valence-electron chi connectivity index (χ1n) is 7.29. The summed E-state index contributed by atoms with van der Waals surface area (Å²) in [6.07, 6.45) is 7.07. The average Bonchev–Trinajstić information content (AvgIpc) is 2.55. The van der Waals surface area contributed by atoms with E-state index in [1.807, 2.05) is 12.1 Å². The maximum absolute atomic E-state index is 11.1. The van der Waals surface area contributed by atoms with E-state index in [1.165, 1.54) is 12.5 Å². The van der Waals surface area contributed by atoms with Gasteiger partial charge in [0.1, 0.15) is 5.82 Å². The van der Waals surface area contributed by atoms with Crippen LogP contribution in [0.3, 0.4) is 0 Å². The molecular formula is C15H19N5O. The molecule has 3 heterocycles. The number of hydrogen-bond donors (Lipinski definition) is 2. The van der Waals surface area contributed by atoms with Gasteiger partial charge in [0, 0.05) is 43.3 Å². The van der Waals surface area contributed by atoms with Gasteiger partial charge in [0.25, 0.3) is 5.56 Å². The van der Waals surface area contributed by atoms with Crippen molar-refractivity contribution in [1.29, 1.82) is 0 Å². The molecule has 1 atom stereocenters. The van der Waals surface area contributed by atoms with Crippen molar-refractivity contribution in [1.82, 2.24) is 15.2 Å². The van der Waals surface area contributed by atoms with Crippen LogP contribution in [0, 0.1) is 0 Å². The number of piperidine rings is 1. The van der Waals surface area contributed by atoms with Crippen LogP contribution >= 0.6 is 0 Å². The SMILES string of the molecule is O=c1ccc(N2CCCCC2CNc2ccncc2)n[nH]1. The number of aromatic amines is 1. The summed E-state index contributed by atoms with van der Waals surface area (Å²) in [7, 11) is 0. The fourth-order valence-corrected chi connectivity index (χ4v) is 2.72. The topological polar surface area (TPSA) is 73.9 Å². The number of hydrogen-bond acceptors (Lipinski definition) is 5. The Balaban J connectivity index is 1.69. The minimum atomic E-state index is -0.165. The Morgan fingerprint density at radius 2 is 2.10 bits per heavy atom. The van der Waals surface area contributed by atoms with Gasteiger partial charge in [-0.05, 0) is 37.5 Å². The smallest absolute Gasteiger partial charge is 0.264 e. The molecule has 6 nitrogen and oxygen atoms in total. The highest BCUT2D eigenvalue weighted by Gasteiger charge is 2.23. The second kappa shape index (κ2) is 6.39. The van der Waals surface area contributed by atoms with Crippen LogP contribution in [0.2, 0.25) is 0 Å². The van der Waals surface area contributed by atoms with Crippen molar-refractivity contribution in [2.75, 3.05) is 23.3 Å². The van der Waals surface area contributed by atoms with Crippen molar-refractivity contribution < 1.29 is 0 Å². The molecule has 0 aliphatic carbocycles. The maximum Gasteiger partial charge on any atom is 0.264 e. The third-order valence-electron chi connectivity index (χ3n) is 3.81. The number of nitrogens with one attached hydrogen (secondary N) is 2. The van der Waals surface area contributed by atoms with Gasteiger partial charge in [-0.3, -0.25) is 9.78 Å². The normalized spacial score (nSPS) is 18.5. The minimum absolute atomic E-state index is 0.165. The van der Waals surface area contributed by atoms with Gasteiger partial charge >= 0.3 is 0 Å². The fourth-order valence-electron chi connectivity index (χ4n) is 2.72. The third-order valence-corrected chi connectivity index (χ3v) is 3.81. The summed E-state index contributed by atoms with van der Waals surface area (Å²) >= 11 is 0. The van der Waals surface area contributed by atoms with Crippen LogP contribution in [-0.2, 0) is 0 Å². The molecule has 1 fully saturated rings. The number of pyridine rings is 1. The zero-order chi connectivity index (χ0) is 14.5. The lowest BCUT2D eigenvalue weighted by Crippen LogP contribution is -2.44. The van der Waals surface area contributed by atoms with Crippen LogP contribution < -0.4 is 15.8 Å². The standard InChI is InChI=1S/C15H19N5O/c21-15-5-4-14(18-19-15)20-10-2-1-3-13(20)11-17-12-6-8-16-9-7-12/h4-9,13H,1-3,10-11H2,(H,16,17)(H,19,21). The summed E-state index contributed by atoms with van der Waals surface area (Å²) in [5.74, 6) is 0.843. The van der Waals surface area contributed by atoms with Crippen molar-refractivity contribution in [2.24, 2.45) is 0 Å².